The summed E-state index contributed by atoms with van der Waals surface area (Å²) in [5.41, 5.74) is -0.395. The van der Waals surface area contributed by atoms with Gasteiger partial charge in [0.15, 0.2) is 0 Å². The smallest absolute Gasteiger partial charge is 0.407 e. The topological polar surface area (TPSA) is 76.7 Å². The summed E-state index contributed by atoms with van der Waals surface area (Å²) in [6, 6.07) is -0.426. The number of nitrogens with one attached hydrogen (secondary N) is 2. The molecule has 0 spiro atoms. The zero-order chi connectivity index (χ0) is 19.2. The first-order valence-electron chi connectivity index (χ1n) is 8.83. The standard InChI is InChI=1S/C18H31BrN2O4/c1-7-13(8-2)24-14-9-12(19)10-15(16(14)20-11(3)22)25-17(23)21-18(4,5)6/h9,13-16H,7-8,10H2,1-6H3,(H,20,22)(H,21,23). The third kappa shape index (κ3) is 7.77. The summed E-state index contributed by atoms with van der Waals surface area (Å²) in [4.78, 5) is 23.9. The molecule has 1 aliphatic rings. The van der Waals surface area contributed by atoms with E-state index in [9.17, 15) is 9.59 Å². The molecular formula is C18H31BrN2O4. The van der Waals surface area contributed by atoms with Crippen molar-refractivity contribution in [3.63, 3.8) is 0 Å². The fourth-order valence-electron chi connectivity index (χ4n) is 2.71. The Kier molecular flexibility index (Phi) is 8.41. The lowest BCUT2D eigenvalue weighted by atomic mass is 9.95. The quantitative estimate of drug-likeness (QED) is 0.689. The van der Waals surface area contributed by atoms with Crippen LogP contribution in [-0.2, 0) is 14.3 Å². The maximum Gasteiger partial charge on any atom is 0.407 e. The van der Waals surface area contributed by atoms with E-state index in [1.807, 2.05) is 26.8 Å². The van der Waals surface area contributed by atoms with Gasteiger partial charge in [-0.3, -0.25) is 4.79 Å². The molecule has 3 atom stereocenters. The Morgan fingerprint density at radius 2 is 1.92 bits per heavy atom. The normalized spacial score (nSPS) is 23.8. The van der Waals surface area contributed by atoms with Crippen LogP contribution in [0.1, 0.15) is 60.8 Å². The fourth-order valence-corrected chi connectivity index (χ4v) is 3.29. The van der Waals surface area contributed by atoms with E-state index < -0.39 is 23.8 Å². The number of carbonyl (C=O) groups is 2. The highest BCUT2D eigenvalue weighted by Crippen LogP contribution is 2.29. The molecule has 0 saturated heterocycles. The fraction of sp³-hybridized carbons (Fsp3) is 0.778. The molecule has 0 radical (unpaired) electrons. The molecule has 1 rings (SSSR count). The van der Waals surface area contributed by atoms with Crippen LogP contribution in [-0.4, -0.2) is 41.9 Å². The number of rotatable bonds is 6. The molecule has 6 nitrogen and oxygen atoms in total. The molecule has 0 aromatic carbocycles. The van der Waals surface area contributed by atoms with Crippen molar-refractivity contribution >= 4 is 27.9 Å². The van der Waals surface area contributed by atoms with Crippen molar-refractivity contribution in [2.45, 2.75) is 90.7 Å². The van der Waals surface area contributed by atoms with Gasteiger partial charge in [0.05, 0.1) is 12.1 Å². The molecule has 1 aliphatic carbocycles. The Labute approximate surface area is 159 Å². The van der Waals surface area contributed by atoms with Crippen molar-refractivity contribution in [3.8, 4) is 0 Å². The average molecular weight is 419 g/mol. The first-order chi connectivity index (χ1) is 11.6. The lowest BCUT2D eigenvalue weighted by Crippen LogP contribution is -2.55. The van der Waals surface area contributed by atoms with Crippen molar-refractivity contribution in [2.24, 2.45) is 0 Å². The molecule has 0 aromatic heterocycles. The molecule has 2 N–H and O–H groups in total. The molecule has 0 saturated carbocycles. The second-order valence-electron chi connectivity index (χ2n) is 7.40. The number of alkyl carbamates (subject to hydrolysis) is 1. The van der Waals surface area contributed by atoms with Crippen LogP contribution < -0.4 is 10.6 Å². The first kappa shape index (κ1) is 22.0. The van der Waals surface area contributed by atoms with E-state index in [1.165, 1.54) is 6.92 Å². The number of halogens is 1. The zero-order valence-electron chi connectivity index (χ0n) is 16.0. The summed E-state index contributed by atoms with van der Waals surface area (Å²) in [6.45, 7) is 11.2. The Balaban J connectivity index is 2.95. The summed E-state index contributed by atoms with van der Waals surface area (Å²) < 4.78 is 12.7. The van der Waals surface area contributed by atoms with E-state index in [0.717, 1.165) is 17.3 Å². The lowest BCUT2D eigenvalue weighted by molar-refractivity contribution is -0.123. The molecule has 0 fully saturated rings. The van der Waals surface area contributed by atoms with Crippen LogP contribution in [0.15, 0.2) is 10.6 Å². The number of hydrogen-bond acceptors (Lipinski definition) is 4. The predicted octanol–water partition coefficient (Wildman–Crippen LogP) is 3.64. The van der Waals surface area contributed by atoms with Crippen LogP contribution in [0, 0.1) is 0 Å². The summed E-state index contributed by atoms with van der Waals surface area (Å²) in [5.74, 6) is -0.181. The number of amides is 2. The molecule has 0 heterocycles. The van der Waals surface area contributed by atoms with Gasteiger partial charge >= 0.3 is 6.09 Å². The molecule has 0 bridgehead atoms. The van der Waals surface area contributed by atoms with Crippen LogP contribution in [0.3, 0.4) is 0 Å². The van der Waals surface area contributed by atoms with Crippen LogP contribution >= 0.6 is 15.9 Å². The summed E-state index contributed by atoms with van der Waals surface area (Å²) in [7, 11) is 0. The SMILES string of the molecule is CCC(CC)OC1C=C(Br)CC(OC(=O)NC(C)(C)C)C1NC(C)=O. The van der Waals surface area contributed by atoms with Gasteiger partial charge in [0.25, 0.3) is 0 Å². The van der Waals surface area contributed by atoms with Gasteiger partial charge in [-0.2, -0.15) is 0 Å². The molecule has 25 heavy (non-hydrogen) atoms. The first-order valence-corrected chi connectivity index (χ1v) is 9.62. The Hall–Kier alpha value is -1.08. The Bertz CT molecular complexity index is 498. The third-order valence-electron chi connectivity index (χ3n) is 3.86. The highest BCUT2D eigenvalue weighted by molar-refractivity contribution is 9.11. The van der Waals surface area contributed by atoms with Crippen molar-refractivity contribution in [1.29, 1.82) is 0 Å². The molecule has 144 valence electrons. The minimum absolute atomic E-state index is 0.0833. The minimum Gasteiger partial charge on any atom is -0.444 e. The number of hydrogen-bond donors (Lipinski definition) is 2. The van der Waals surface area contributed by atoms with Crippen LogP contribution in [0.2, 0.25) is 0 Å². The van der Waals surface area contributed by atoms with Gasteiger partial charge < -0.3 is 20.1 Å². The maximum atomic E-state index is 12.2. The minimum atomic E-state index is -0.509. The van der Waals surface area contributed by atoms with E-state index >= 15 is 0 Å². The summed E-state index contributed by atoms with van der Waals surface area (Å²) in [6.07, 6.45) is 2.90. The van der Waals surface area contributed by atoms with Gasteiger partial charge in [0.1, 0.15) is 12.2 Å². The monoisotopic (exact) mass is 418 g/mol. The van der Waals surface area contributed by atoms with Crippen LogP contribution in [0.5, 0.6) is 0 Å². The van der Waals surface area contributed by atoms with Gasteiger partial charge in [-0.15, -0.1) is 0 Å². The van der Waals surface area contributed by atoms with Gasteiger partial charge in [-0.25, -0.2) is 4.79 Å². The molecule has 0 aliphatic heterocycles. The summed E-state index contributed by atoms with van der Waals surface area (Å²) >= 11 is 3.50. The lowest BCUT2D eigenvalue weighted by Gasteiger charge is -2.37. The predicted molar refractivity (Wildman–Crippen MR) is 102 cm³/mol. The van der Waals surface area contributed by atoms with Gasteiger partial charge in [-0.1, -0.05) is 29.8 Å². The summed E-state index contributed by atoms with van der Waals surface area (Å²) in [5, 5.41) is 5.67. The van der Waals surface area contributed by atoms with Crippen molar-refractivity contribution in [3.05, 3.63) is 10.6 Å². The van der Waals surface area contributed by atoms with Crippen LogP contribution in [0.25, 0.3) is 0 Å². The van der Waals surface area contributed by atoms with E-state index in [0.29, 0.717) is 6.42 Å². The van der Waals surface area contributed by atoms with Crippen molar-refractivity contribution < 1.29 is 19.1 Å². The van der Waals surface area contributed by atoms with E-state index in [1.54, 1.807) is 0 Å². The molecule has 0 aromatic rings. The Morgan fingerprint density at radius 3 is 2.40 bits per heavy atom. The van der Waals surface area contributed by atoms with Gasteiger partial charge in [-0.05, 0) is 44.2 Å². The largest absolute Gasteiger partial charge is 0.444 e. The number of ether oxygens (including phenoxy) is 2. The molecule has 3 unspecified atom stereocenters. The zero-order valence-corrected chi connectivity index (χ0v) is 17.6. The van der Waals surface area contributed by atoms with Crippen molar-refractivity contribution in [1.82, 2.24) is 10.6 Å². The molecule has 7 heteroatoms. The molecular weight excluding hydrogens is 388 g/mol. The second-order valence-corrected chi connectivity index (χ2v) is 8.42. The van der Waals surface area contributed by atoms with Gasteiger partial charge in [0, 0.05) is 18.9 Å². The van der Waals surface area contributed by atoms with E-state index in [4.69, 9.17) is 9.47 Å². The van der Waals surface area contributed by atoms with Crippen molar-refractivity contribution in [2.75, 3.05) is 0 Å². The molecule has 2 amide bonds. The maximum absolute atomic E-state index is 12.2. The Morgan fingerprint density at radius 1 is 1.32 bits per heavy atom. The van der Waals surface area contributed by atoms with E-state index in [-0.39, 0.29) is 18.1 Å². The average Bonchev–Trinajstić information content (AvgIpc) is 2.45. The third-order valence-corrected chi connectivity index (χ3v) is 4.45. The number of carbonyl (C=O) groups excluding carboxylic acids is 2. The van der Waals surface area contributed by atoms with Crippen LogP contribution in [0.4, 0.5) is 4.79 Å². The highest BCUT2D eigenvalue weighted by Gasteiger charge is 2.38. The second kappa shape index (κ2) is 9.57. The van der Waals surface area contributed by atoms with E-state index in [2.05, 4.69) is 40.4 Å². The van der Waals surface area contributed by atoms with Gasteiger partial charge in [0.2, 0.25) is 5.91 Å². The highest BCUT2D eigenvalue weighted by atomic mass is 79.9.